The maximum Gasteiger partial charge on any atom is 0.293 e. The Morgan fingerprint density at radius 2 is 1.83 bits per heavy atom. The predicted molar refractivity (Wildman–Crippen MR) is 107 cm³/mol. The molecule has 29 heavy (non-hydrogen) atoms. The summed E-state index contributed by atoms with van der Waals surface area (Å²) in [6, 6.07) is 11.6. The number of halogens is 2. The van der Waals surface area contributed by atoms with Gasteiger partial charge in [0.2, 0.25) is 5.91 Å². The van der Waals surface area contributed by atoms with Gasteiger partial charge in [-0.3, -0.25) is 19.3 Å². The number of nitrogens with one attached hydrogen (secondary N) is 1. The second-order valence-electron chi connectivity index (χ2n) is 6.36. The van der Waals surface area contributed by atoms with Crippen molar-refractivity contribution in [1.82, 2.24) is 10.2 Å². The molecule has 0 aliphatic carbocycles. The van der Waals surface area contributed by atoms with Gasteiger partial charge in [-0.25, -0.2) is 8.78 Å². The number of carbonyl (C=O) groups excluding carboxylic acids is 3. The quantitative estimate of drug-likeness (QED) is 0.698. The van der Waals surface area contributed by atoms with E-state index in [1.165, 1.54) is 42.5 Å². The second kappa shape index (κ2) is 9.47. The second-order valence-corrected chi connectivity index (χ2v) is 7.36. The zero-order valence-corrected chi connectivity index (χ0v) is 16.2. The monoisotopic (exact) mass is 416 g/mol. The van der Waals surface area contributed by atoms with E-state index in [1.807, 2.05) is 0 Å². The van der Waals surface area contributed by atoms with Crippen LogP contribution in [0.2, 0.25) is 0 Å². The molecule has 1 N–H and O–H groups in total. The van der Waals surface area contributed by atoms with Gasteiger partial charge in [-0.05, 0) is 59.7 Å². The van der Waals surface area contributed by atoms with Gasteiger partial charge in [0, 0.05) is 19.5 Å². The van der Waals surface area contributed by atoms with Crippen LogP contribution in [0.15, 0.2) is 53.4 Å². The number of rotatable bonds is 7. The number of hydrogen-bond donors (Lipinski definition) is 1. The number of nitrogens with zero attached hydrogens (tertiary/aromatic N) is 1. The Labute approximate surface area is 170 Å². The van der Waals surface area contributed by atoms with Crippen molar-refractivity contribution in [2.75, 3.05) is 13.1 Å². The minimum atomic E-state index is -0.446. The van der Waals surface area contributed by atoms with Gasteiger partial charge in [0.25, 0.3) is 11.1 Å². The van der Waals surface area contributed by atoms with Crippen molar-refractivity contribution in [2.45, 2.75) is 12.8 Å². The summed E-state index contributed by atoms with van der Waals surface area (Å²) in [4.78, 5) is 37.7. The molecule has 1 aliphatic heterocycles. The number of carbonyl (C=O) groups is 3. The Hall–Kier alpha value is -3.00. The minimum absolute atomic E-state index is 0.0527. The zero-order chi connectivity index (χ0) is 20.8. The summed E-state index contributed by atoms with van der Waals surface area (Å²) < 4.78 is 26.1. The highest BCUT2D eigenvalue weighted by molar-refractivity contribution is 8.18. The number of benzene rings is 2. The lowest BCUT2D eigenvalue weighted by atomic mass is 10.1. The van der Waals surface area contributed by atoms with E-state index < -0.39 is 11.1 Å². The smallest absolute Gasteiger partial charge is 0.293 e. The summed E-state index contributed by atoms with van der Waals surface area (Å²) in [5.74, 6) is -1.43. The summed E-state index contributed by atoms with van der Waals surface area (Å²) >= 11 is 0.805. The van der Waals surface area contributed by atoms with Crippen LogP contribution in [0, 0.1) is 11.6 Å². The van der Waals surface area contributed by atoms with Crippen molar-refractivity contribution in [2.24, 2.45) is 0 Å². The number of amides is 3. The molecule has 1 fully saturated rings. The van der Waals surface area contributed by atoms with E-state index in [-0.39, 0.29) is 42.0 Å². The van der Waals surface area contributed by atoms with Crippen LogP contribution >= 0.6 is 11.8 Å². The van der Waals surface area contributed by atoms with E-state index in [9.17, 15) is 23.2 Å². The van der Waals surface area contributed by atoms with Gasteiger partial charge in [0.05, 0.1) is 4.91 Å². The van der Waals surface area contributed by atoms with E-state index in [2.05, 4.69) is 5.32 Å². The van der Waals surface area contributed by atoms with Crippen LogP contribution in [0.25, 0.3) is 6.08 Å². The standard InChI is InChI=1S/C21H18F2N2O3S/c22-16-7-4-15(5-8-16)13-18-20(27)25(21(28)29-18)11-10-24-19(26)9-6-14-2-1-3-17(23)12-14/h1-5,7-8,12-13H,6,9-11H2,(H,24,26). The molecule has 0 aromatic heterocycles. The molecule has 8 heteroatoms. The molecular formula is C21H18F2N2O3S. The number of imide groups is 1. The highest BCUT2D eigenvalue weighted by atomic mass is 32.2. The van der Waals surface area contributed by atoms with Gasteiger partial charge < -0.3 is 5.32 Å². The number of hydrogen-bond acceptors (Lipinski definition) is 4. The van der Waals surface area contributed by atoms with Crippen LogP contribution in [-0.2, 0) is 16.0 Å². The highest BCUT2D eigenvalue weighted by Crippen LogP contribution is 2.31. The molecule has 0 atom stereocenters. The van der Waals surface area contributed by atoms with E-state index in [0.29, 0.717) is 12.0 Å². The third-order valence-corrected chi connectivity index (χ3v) is 5.14. The summed E-state index contributed by atoms with van der Waals surface area (Å²) in [7, 11) is 0. The molecule has 2 aromatic rings. The molecule has 0 saturated carbocycles. The zero-order valence-electron chi connectivity index (χ0n) is 15.4. The molecule has 1 aliphatic rings. The van der Waals surface area contributed by atoms with Crippen molar-refractivity contribution in [1.29, 1.82) is 0 Å². The maximum atomic E-state index is 13.1. The average molecular weight is 416 g/mol. The number of thioether (sulfide) groups is 1. The first-order valence-electron chi connectivity index (χ1n) is 8.94. The lowest BCUT2D eigenvalue weighted by Gasteiger charge is -2.13. The van der Waals surface area contributed by atoms with E-state index in [1.54, 1.807) is 12.1 Å². The summed E-state index contributed by atoms with van der Waals surface area (Å²) in [5, 5.41) is 2.24. The van der Waals surface area contributed by atoms with Gasteiger partial charge in [-0.15, -0.1) is 0 Å². The molecule has 1 heterocycles. The molecule has 150 valence electrons. The fraction of sp³-hybridized carbons (Fsp3) is 0.190. The highest BCUT2D eigenvalue weighted by Gasteiger charge is 2.34. The molecule has 3 amide bonds. The molecule has 0 spiro atoms. The van der Waals surface area contributed by atoms with Crippen LogP contribution in [-0.4, -0.2) is 35.0 Å². The molecule has 2 aromatic carbocycles. The summed E-state index contributed by atoms with van der Waals surface area (Å²) in [5.41, 5.74) is 1.33. The van der Waals surface area contributed by atoms with Crippen molar-refractivity contribution in [3.8, 4) is 0 Å². The largest absolute Gasteiger partial charge is 0.354 e. The van der Waals surface area contributed by atoms with Crippen molar-refractivity contribution in [3.63, 3.8) is 0 Å². The molecule has 0 bridgehead atoms. The summed E-state index contributed by atoms with van der Waals surface area (Å²) in [6.07, 6.45) is 2.10. The third kappa shape index (κ3) is 5.74. The van der Waals surface area contributed by atoms with Crippen LogP contribution in [0.5, 0.6) is 0 Å². The lowest BCUT2D eigenvalue weighted by molar-refractivity contribution is -0.124. The molecular weight excluding hydrogens is 398 g/mol. The normalized spacial score (nSPS) is 15.2. The molecule has 0 unspecified atom stereocenters. The Balaban J connectivity index is 1.47. The Morgan fingerprint density at radius 1 is 1.07 bits per heavy atom. The topological polar surface area (TPSA) is 66.5 Å². The molecule has 1 saturated heterocycles. The van der Waals surface area contributed by atoms with Gasteiger partial charge >= 0.3 is 0 Å². The molecule has 0 radical (unpaired) electrons. The van der Waals surface area contributed by atoms with Crippen LogP contribution in [0.4, 0.5) is 13.6 Å². The van der Waals surface area contributed by atoms with Crippen LogP contribution < -0.4 is 5.32 Å². The van der Waals surface area contributed by atoms with Gasteiger partial charge in [0.1, 0.15) is 11.6 Å². The number of aryl methyl sites for hydroxylation is 1. The first kappa shape index (κ1) is 20.7. The molecule has 5 nitrogen and oxygen atoms in total. The first-order chi connectivity index (χ1) is 13.9. The first-order valence-corrected chi connectivity index (χ1v) is 9.76. The lowest BCUT2D eigenvalue weighted by Crippen LogP contribution is -2.37. The van der Waals surface area contributed by atoms with Crippen molar-refractivity contribution >= 4 is 34.9 Å². The Bertz CT molecular complexity index is 961. The van der Waals surface area contributed by atoms with Crippen molar-refractivity contribution in [3.05, 3.63) is 76.2 Å². The van der Waals surface area contributed by atoms with Crippen LogP contribution in [0.3, 0.4) is 0 Å². The SMILES string of the molecule is O=C(CCc1cccc(F)c1)NCCN1C(=O)SC(=Cc2ccc(F)cc2)C1=O. The Kier molecular flexibility index (Phi) is 6.77. The van der Waals surface area contributed by atoms with Crippen LogP contribution in [0.1, 0.15) is 17.5 Å². The van der Waals surface area contributed by atoms with Crippen molar-refractivity contribution < 1.29 is 23.2 Å². The van der Waals surface area contributed by atoms with Gasteiger partial charge in [-0.1, -0.05) is 24.3 Å². The van der Waals surface area contributed by atoms with Gasteiger partial charge in [0.15, 0.2) is 0 Å². The fourth-order valence-electron chi connectivity index (χ4n) is 2.75. The van der Waals surface area contributed by atoms with E-state index in [0.717, 1.165) is 22.2 Å². The van der Waals surface area contributed by atoms with Gasteiger partial charge in [-0.2, -0.15) is 0 Å². The predicted octanol–water partition coefficient (Wildman–Crippen LogP) is 3.75. The fourth-order valence-corrected chi connectivity index (χ4v) is 3.61. The third-order valence-electron chi connectivity index (χ3n) is 4.23. The molecule has 3 rings (SSSR count). The summed E-state index contributed by atoms with van der Waals surface area (Å²) in [6.45, 7) is 0.182. The van der Waals surface area contributed by atoms with E-state index in [4.69, 9.17) is 0 Å². The minimum Gasteiger partial charge on any atom is -0.354 e. The van der Waals surface area contributed by atoms with E-state index >= 15 is 0 Å². The maximum absolute atomic E-state index is 13.1. The average Bonchev–Trinajstić information content (AvgIpc) is 2.95. The Morgan fingerprint density at radius 3 is 2.55 bits per heavy atom.